The van der Waals surface area contributed by atoms with Crippen molar-refractivity contribution in [1.29, 1.82) is 0 Å². The summed E-state index contributed by atoms with van der Waals surface area (Å²) < 4.78 is 39.6. The first kappa shape index (κ1) is 12.6. The summed E-state index contributed by atoms with van der Waals surface area (Å²) in [6.07, 6.45) is 0. The van der Waals surface area contributed by atoms with E-state index in [2.05, 4.69) is 0 Å². The molecule has 0 saturated carbocycles. The molecule has 0 fully saturated rings. The second-order valence-corrected chi connectivity index (χ2v) is 3.93. The quantitative estimate of drug-likeness (QED) is 0.754. The summed E-state index contributed by atoms with van der Waals surface area (Å²) >= 11 is 5.62. The van der Waals surface area contributed by atoms with Gasteiger partial charge in [-0.3, -0.25) is 4.79 Å². The van der Waals surface area contributed by atoms with Crippen molar-refractivity contribution in [2.24, 2.45) is 0 Å². The molecule has 0 aliphatic heterocycles. The van der Waals surface area contributed by atoms with Crippen LogP contribution in [0.15, 0.2) is 36.4 Å². The number of carbonyl (C=O) groups excluding carboxylic acids is 1. The minimum atomic E-state index is -0.887. The van der Waals surface area contributed by atoms with Crippen LogP contribution in [-0.2, 0) is 0 Å². The Hall–Kier alpha value is -1.81. The fraction of sp³-hybridized carbons (Fsp3) is 0. The molecule has 18 heavy (non-hydrogen) atoms. The number of halogens is 4. The van der Waals surface area contributed by atoms with E-state index in [1.54, 1.807) is 0 Å². The third-order valence-electron chi connectivity index (χ3n) is 2.37. The monoisotopic (exact) mass is 270 g/mol. The van der Waals surface area contributed by atoms with Crippen molar-refractivity contribution >= 4 is 17.4 Å². The lowest BCUT2D eigenvalue weighted by molar-refractivity contribution is 0.103. The Bertz CT molecular complexity index is 622. The number of hydrogen-bond donors (Lipinski definition) is 0. The van der Waals surface area contributed by atoms with E-state index in [0.717, 1.165) is 24.3 Å². The molecule has 0 spiro atoms. The van der Waals surface area contributed by atoms with Crippen LogP contribution in [0.1, 0.15) is 15.9 Å². The van der Waals surface area contributed by atoms with Crippen LogP contribution in [0, 0.1) is 17.5 Å². The Balaban J connectivity index is 2.55. The third kappa shape index (κ3) is 2.24. The highest BCUT2D eigenvalue weighted by molar-refractivity contribution is 6.35. The highest BCUT2D eigenvalue weighted by atomic mass is 35.5. The van der Waals surface area contributed by atoms with E-state index in [-0.39, 0.29) is 5.56 Å². The van der Waals surface area contributed by atoms with E-state index in [9.17, 15) is 18.0 Å². The van der Waals surface area contributed by atoms with Gasteiger partial charge in [0, 0.05) is 5.56 Å². The van der Waals surface area contributed by atoms with Crippen molar-refractivity contribution in [3.8, 4) is 0 Å². The molecule has 2 aromatic rings. The van der Waals surface area contributed by atoms with Crippen LogP contribution in [0.3, 0.4) is 0 Å². The lowest BCUT2D eigenvalue weighted by atomic mass is 10.0. The minimum Gasteiger partial charge on any atom is -0.288 e. The summed E-state index contributed by atoms with van der Waals surface area (Å²) in [6, 6.07) is 6.05. The van der Waals surface area contributed by atoms with Gasteiger partial charge < -0.3 is 0 Å². The Morgan fingerprint density at radius 2 is 1.67 bits per heavy atom. The number of rotatable bonds is 2. The molecule has 92 valence electrons. The van der Waals surface area contributed by atoms with Crippen LogP contribution in [0.4, 0.5) is 13.2 Å². The third-order valence-corrected chi connectivity index (χ3v) is 2.75. The number of carbonyl (C=O) groups is 1. The van der Waals surface area contributed by atoms with Crippen molar-refractivity contribution < 1.29 is 18.0 Å². The molecule has 2 rings (SSSR count). The summed E-state index contributed by atoms with van der Waals surface area (Å²) in [5, 5.41) is -0.411. The molecule has 0 heterocycles. The second-order valence-electron chi connectivity index (χ2n) is 3.55. The van der Waals surface area contributed by atoms with Gasteiger partial charge in [-0.15, -0.1) is 0 Å². The highest BCUT2D eigenvalue weighted by Crippen LogP contribution is 2.23. The van der Waals surface area contributed by atoms with Crippen LogP contribution in [-0.4, -0.2) is 5.78 Å². The second kappa shape index (κ2) is 4.82. The summed E-state index contributed by atoms with van der Waals surface area (Å²) in [5.41, 5.74) is -0.691. The summed E-state index contributed by atoms with van der Waals surface area (Å²) in [4.78, 5) is 11.9. The van der Waals surface area contributed by atoms with Gasteiger partial charge in [0.25, 0.3) is 0 Å². The fourth-order valence-corrected chi connectivity index (χ4v) is 1.71. The van der Waals surface area contributed by atoms with Crippen molar-refractivity contribution in [3.05, 3.63) is 70.0 Å². The van der Waals surface area contributed by atoms with E-state index in [1.165, 1.54) is 12.1 Å². The smallest absolute Gasteiger partial charge is 0.197 e. The lowest BCUT2D eigenvalue weighted by Crippen LogP contribution is -2.06. The van der Waals surface area contributed by atoms with E-state index in [4.69, 9.17) is 11.6 Å². The van der Waals surface area contributed by atoms with Crippen LogP contribution >= 0.6 is 11.6 Å². The summed E-state index contributed by atoms with van der Waals surface area (Å²) in [7, 11) is 0. The topological polar surface area (TPSA) is 17.1 Å². The van der Waals surface area contributed by atoms with Crippen LogP contribution in [0.5, 0.6) is 0 Å². The maximum atomic E-state index is 13.4. The molecule has 0 N–H and O–H groups in total. The maximum Gasteiger partial charge on any atom is 0.197 e. The number of ketones is 1. The average molecular weight is 271 g/mol. The predicted octanol–water partition coefficient (Wildman–Crippen LogP) is 3.99. The number of benzene rings is 2. The largest absolute Gasteiger partial charge is 0.288 e. The molecule has 0 aliphatic rings. The Kier molecular flexibility index (Phi) is 3.39. The van der Waals surface area contributed by atoms with Crippen molar-refractivity contribution in [3.63, 3.8) is 0 Å². The fourth-order valence-electron chi connectivity index (χ4n) is 1.50. The molecule has 0 aromatic heterocycles. The van der Waals surface area contributed by atoms with Gasteiger partial charge in [-0.1, -0.05) is 17.7 Å². The van der Waals surface area contributed by atoms with Crippen molar-refractivity contribution in [2.45, 2.75) is 0 Å². The van der Waals surface area contributed by atoms with E-state index >= 15 is 0 Å². The molecule has 0 radical (unpaired) electrons. The molecule has 0 bridgehead atoms. The Labute approximate surface area is 106 Å². The zero-order valence-electron chi connectivity index (χ0n) is 8.88. The van der Waals surface area contributed by atoms with Gasteiger partial charge in [-0.2, -0.15) is 0 Å². The van der Waals surface area contributed by atoms with Gasteiger partial charge >= 0.3 is 0 Å². The Morgan fingerprint density at radius 3 is 2.39 bits per heavy atom. The highest BCUT2D eigenvalue weighted by Gasteiger charge is 2.19. The van der Waals surface area contributed by atoms with E-state index in [0.29, 0.717) is 0 Å². The first-order valence-corrected chi connectivity index (χ1v) is 5.32. The molecule has 0 amide bonds. The van der Waals surface area contributed by atoms with Gasteiger partial charge in [0.05, 0.1) is 10.6 Å². The van der Waals surface area contributed by atoms with Gasteiger partial charge in [-0.25, -0.2) is 13.2 Å². The molecule has 0 unspecified atom stereocenters. The standard InChI is InChI=1S/C13H6ClF3O/c14-12-8(2-1-3-11(12)17)13(18)9-6-7(15)4-5-10(9)16/h1-6H. The van der Waals surface area contributed by atoms with E-state index in [1.807, 2.05) is 0 Å². The predicted molar refractivity (Wildman–Crippen MR) is 61.2 cm³/mol. The minimum absolute atomic E-state index is 0.207. The maximum absolute atomic E-state index is 13.4. The molecule has 0 saturated heterocycles. The van der Waals surface area contributed by atoms with Crippen molar-refractivity contribution in [2.75, 3.05) is 0 Å². The molecule has 5 heteroatoms. The molecule has 0 aliphatic carbocycles. The first-order chi connectivity index (χ1) is 8.50. The van der Waals surface area contributed by atoms with Crippen molar-refractivity contribution in [1.82, 2.24) is 0 Å². The van der Waals surface area contributed by atoms with E-state index < -0.39 is 33.8 Å². The van der Waals surface area contributed by atoms with Gasteiger partial charge in [0.2, 0.25) is 0 Å². The molecule has 2 aromatic carbocycles. The Morgan fingerprint density at radius 1 is 0.944 bits per heavy atom. The number of hydrogen-bond acceptors (Lipinski definition) is 1. The SMILES string of the molecule is O=C(c1cc(F)ccc1F)c1cccc(F)c1Cl. The van der Waals surface area contributed by atoms with Gasteiger partial charge in [0.15, 0.2) is 5.78 Å². The normalized spacial score (nSPS) is 10.4. The van der Waals surface area contributed by atoms with Crippen LogP contribution < -0.4 is 0 Å². The zero-order valence-corrected chi connectivity index (χ0v) is 9.64. The summed E-state index contributed by atoms with van der Waals surface area (Å²) in [6.45, 7) is 0. The molecular weight excluding hydrogens is 265 g/mol. The molecular formula is C13H6ClF3O. The summed E-state index contributed by atoms with van der Waals surface area (Å²) in [5.74, 6) is -3.30. The lowest BCUT2D eigenvalue weighted by Gasteiger charge is -2.05. The average Bonchev–Trinajstić information content (AvgIpc) is 2.35. The van der Waals surface area contributed by atoms with Crippen LogP contribution in [0.25, 0.3) is 0 Å². The van der Waals surface area contributed by atoms with Gasteiger partial charge in [0.1, 0.15) is 17.5 Å². The van der Waals surface area contributed by atoms with Crippen LogP contribution in [0.2, 0.25) is 5.02 Å². The molecule has 0 atom stereocenters. The first-order valence-electron chi connectivity index (χ1n) is 4.94. The van der Waals surface area contributed by atoms with Gasteiger partial charge in [-0.05, 0) is 30.3 Å². The zero-order chi connectivity index (χ0) is 13.3. The molecule has 1 nitrogen and oxygen atoms in total.